The van der Waals surface area contributed by atoms with E-state index in [9.17, 15) is 4.79 Å². The quantitative estimate of drug-likeness (QED) is 0.856. The molecule has 2 N–H and O–H groups in total. The first kappa shape index (κ1) is 14.1. The standard InChI is InChI=1S/C16H23NO2/c1-16(2)9-3-4-14(16)17-11-13-7-5-12(6-8-13)10-15(18)19/h5-8,14,17H,3-4,9-11H2,1-2H3,(H,18,19). The van der Waals surface area contributed by atoms with Crippen molar-refractivity contribution in [3.05, 3.63) is 35.4 Å². The van der Waals surface area contributed by atoms with Crippen LogP contribution in [0.2, 0.25) is 0 Å². The van der Waals surface area contributed by atoms with Crippen LogP contribution in [-0.4, -0.2) is 17.1 Å². The normalized spacial score (nSPS) is 21.5. The molecule has 2 rings (SSSR count). The highest BCUT2D eigenvalue weighted by molar-refractivity contribution is 5.70. The molecule has 3 heteroatoms. The molecule has 0 radical (unpaired) electrons. The van der Waals surface area contributed by atoms with Gasteiger partial charge in [-0.05, 0) is 29.4 Å². The van der Waals surface area contributed by atoms with E-state index in [1.807, 2.05) is 24.3 Å². The number of benzene rings is 1. The lowest BCUT2D eigenvalue weighted by atomic mass is 9.87. The van der Waals surface area contributed by atoms with Crippen LogP contribution < -0.4 is 5.32 Å². The topological polar surface area (TPSA) is 49.3 Å². The Hall–Kier alpha value is -1.35. The van der Waals surface area contributed by atoms with Crippen molar-refractivity contribution in [3.8, 4) is 0 Å². The first-order chi connectivity index (χ1) is 8.97. The van der Waals surface area contributed by atoms with E-state index in [1.165, 1.54) is 24.8 Å². The SMILES string of the molecule is CC1(C)CCCC1NCc1ccc(CC(=O)O)cc1. The zero-order valence-electron chi connectivity index (χ0n) is 11.8. The molecule has 1 atom stereocenters. The number of nitrogens with one attached hydrogen (secondary N) is 1. The number of aliphatic carboxylic acids is 1. The van der Waals surface area contributed by atoms with Gasteiger partial charge in [-0.15, -0.1) is 0 Å². The van der Waals surface area contributed by atoms with Crippen LogP contribution in [0, 0.1) is 5.41 Å². The molecule has 0 bridgehead atoms. The molecule has 0 saturated heterocycles. The number of carboxylic acids is 1. The van der Waals surface area contributed by atoms with Crippen LogP contribution in [0.3, 0.4) is 0 Å². The third-order valence-corrected chi connectivity index (χ3v) is 4.19. The fraction of sp³-hybridized carbons (Fsp3) is 0.562. The second-order valence-corrected chi connectivity index (χ2v) is 6.20. The summed E-state index contributed by atoms with van der Waals surface area (Å²) in [5.41, 5.74) is 2.47. The minimum absolute atomic E-state index is 0.101. The lowest BCUT2D eigenvalue weighted by Crippen LogP contribution is -2.37. The van der Waals surface area contributed by atoms with Gasteiger partial charge in [-0.1, -0.05) is 44.5 Å². The monoisotopic (exact) mass is 261 g/mol. The van der Waals surface area contributed by atoms with Crippen LogP contribution in [0.4, 0.5) is 0 Å². The van der Waals surface area contributed by atoms with Gasteiger partial charge in [0.1, 0.15) is 0 Å². The number of hydrogen-bond donors (Lipinski definition) is 2. The summed E-state index contributed by atoms with van der Waals surface area (Å²) in [5.74, 6) is -0.779. The van der Waals surface area contributed by atoms with Crippen LogP contribution in [0.15, 0.2) is 24.3 Å². The van der Waals surface area contributed by atoms with Crippen LogP contribution in [0.25, 0.3) is 0 Å². The smallest absolute Gasteiger partial charge is 0.307 e. The lowest BCUT2D eigenvalue weighted by molar-refractivity contribution is -0.136. The van der Waals surface area contributed by atoms with Crippen LogP contribution in [0.5, 0.6) is 0 Å². The number of rotatable bonds is 5. The van der Waals surface area contributed by atoms with Crippen molar-refractivity contribution in [2.24, 2.45) is 5.41 Å². The summed E-state index contributed by atoms with van der Waals surface area (Å²) < 4.78 is 0. The van der Waals surface area contributed by atoms with Crippen molar-refractivity contribution in [2.75, 3.05) is 0 Å². The third kappa shape index (κ3) is 3.80. The van der Waals surface area contributed by atoms with Crippen molar-refractivity contribution in [1.29, 1.82) is 0 Å². The van der Waals surface area contributed by atoms with Crippen LogP contribution >= 0.6 is 0 Å². The second kappa shape index (κ2) is 5.74. The molecule has 0 spiro atoms. The molecule has 1 aliphatic rings. The van der Waals surface area contributed by atoms with E-state index in [1.54, 1.807) is 0 Å². The van der Waals surface area contributed by atoms with E-state index in [-0.39, 0.29) is 6.42 Å². The maximum atomic E-state index is 10.6. The molecule has 0 amide bonds. The summed E-state index contributed by atoms with van der Waals surface area (Å²) in [6.07, 6.45) is 3.96. The molecule has 0 aliphatic heterocycles. The zero-order valence-corrected chi connectivity index (χ0v) is 11.8. The summed E-state index contributed by atoms with van der Waals surface area (Å²) >= 11 is 0. The Morgan fingerprint density at radius 1 is 1.32 bits per heavy atom. The average Bonchev–Trinajstić information content (AvgIpc) is 2.67. The maximum absolute atomic E-state index is 10.6. The molecule has 104 valence electrons. The van der Waals surface area contributed by atoms with Gasteiger partial charge >= 0.3 is 5.97 Å². The molecule has 0 heterocycles. The Balaban J connectivity index is 1.88. The second-order valence-electron chi connectivity index (χ2n) is 6.20. The van der Waals surface area contributed by atoms with Crippen LogP contribution in [0.1, 0.15) is 44.2 Å². The van der Waals surface area contributed by atoms with E-state index in [4.69, 9.17) is 5.11 Å². The molecule has 0 aromatic heterocycles. The van der Waals surface area contributed by atoms with Crippen molar-refractivity contribution < 1.29 is 9.90 Å². The Morgan fingerprint density at radius 2 is 1.95 bits per heavy atom. The third-order valence-electron chi connectivity index (χ3n) is 4.19. The van der Waals surface area contributed by atoms with Gasteiger partial charge < -0.3 is 10.4 Å². The number of carboxylic acid groups (broad SMARTS) is 1. The van der Waals surface area contributed by atoms with Crippen molar-refractivity contribution in [3.63, 3.8) is 0 Å². The maximum Gasteiger partial charge on any atom is 0.307 e. The van der Waals surface area contributed by atoms with E-state index < -0.39 is 5.97 Å². The number of carbonyl (C=O) groups is 1. The highest BCUT2D eigenvalue weighted by Crippen LogP contribution is 2.37. The highest BCUT2D eigenvalue weighted by atomic mass is 16.4. The van der Waals surface area contributed by atoms with E-state index in [2.05, 4.69) is 19.2 Å². The summed E-state index contributed by atoms with van der Waals surface area (Å²) in [4.78, 5) is 10.6. The van der Waals surface area contributed by atoms with Gasteiger partial charge in [-0.25, -0.2) is 0 Å². The lowest BCUT2D eigenvalue weighted by Gasteiger charge is -2.28. The van der Waals surface area contributed by atoms with E-state index in [0.29, 0.717) is 11.5 Å². The first-order valence-corrected chi connectivity index (χ1v) is 7.00. The Kier molecular flexibility index (Phi) is 4.25. The van der Waals surface area contributed by atoms with Gasteiger partial charge in [0.25, 0.3) is 0 Å². The van der Waals surface area contributed by atoms with Crippen molar-refractivity contribution >= 4 is 5.97 Å². The largest absolute Gasteiger partial charge is 0.481 e. The van der Waals surface area contributed by atoms with Gasteiger partial charge in [0, 0.05) is 12.6 Å². The van der Waals surface area contributed by atoms with Gasteiger partial charge in [-0.2, -0.15) is 0 Å². The summed E-state index contributed by atoms with van der Waals surface area (Å²) in [7, 11) is 0. The predicted molar refractivity (Wildman–Crippen MR) is 76.0 cm³/mol. The summed E-state index contributed by atoms with van der Waals surface area (Å²) in [6, 6.07) is 8.45. The molecule has 1 aromatic carbocycles. The Morgan fingerprint density at radius 3 is 2.47 bits per heavy atom. The Labute approximate surface area is 115 Å². The van der Waals surface area contributed by atoms with Crippen molar-refractivity contribution in [2.45, 2.75) is 52.1 Å². The number of hydrogen-bond acceptors (Lipinski definition) is 2. The fourth-order valence-corrected chi connectivity index (χ4v) is 2.90. The summed E-state index contributed by atoms with van der Waals surface area (Å²) in [5, 5.41) is 12.4. The molecular formula is C16H23NO2. The molecule has 1 aliphatic carbocycles. The summed E-state index contributed by atoms with van der Waals surface area (Å²) in [6.45, 7) is 5.52. The predicted octanol–water partition coefficient (Wildman–Crippen LogP) is 2.98. The minimum atomic E-state index is -0.779. The Bertz CT molecular complexity index is 437. The van der Waals surface area contributed by atoms with Gasteiger partial charge in [0.2, 0.25) is 0 Å². The molecule has 1 unspecified atom stereocenters. The minimum Gasteiger partial charge on any atom is -0.481 e. The molecule has 3 nitrogen and oxygen atoms in total. The molecular weight excluding hydrogens is 238 g/mol. The molecule has 1 saturated carbocycles. The van der Waals surface area contributed by atoms with Gasteiger partial charge in [-0.3, -0.25) is 4.79 Å². The molecule has 1 aromatic rings. The van der Waals surface area contributed by atoms with E-state index in [0.717, 1.165) is 12.1 Å². The molecule has 1 fully saturated rings. The van der Waals surface area contributed by atoms with E-state index >= 15 is 0 Å². The van der Waals surface area contributed by atoms with Crippen molar-refractivity contribution in [1.82, 2.24) is 5.32 Å². The first-order valence-electron chi connectivity index (χ1n) is 7.00. The fourth-order valence-electron chi connectivity index (χ4n) is 2.90. The average molecular weight is 261 g/mol. The van der Waals surface area contributed by atoms with Crippen LogP contribution in [-0.2, 0) is 17.8 Å². The highest BCUT2D eigenvalue weighted by Gasteiger charge is 2.33. The molecule has 19 heavy (non-hydrogen) atoms. The van der Waals surface area contributed by atoms with Gasteiger partial charge in [0.05, 0.1) is 6.42 Å². The zero-order chi connectivity index (χ0) is 13.9. The van der Waals surface area contributed by atoms with Gasteiger partial charge in [0.15, 0.2) is 0 Å².